The number of aliphatic hydroxyl groups excluding tert-OH is 1. The molecule has 4 heteroatoms. The lowest BCUT2D eigenvalue weighted by atomic mass is 10.0. The lowest BCUT2D eigenvalue weighted by molar-refractivity contribution is 0.178. The first-order valence-electron chi connectivity index (χ1n) is 5.86. The lowest BCUT2D eigenvalue weighted by Crippen LogP contribution is -2.02. The van der Waals surface area contributed by atoms with Crippen molar-refractivity contribution >= 4 is 15.9 Å². The summed E-state index contributed by atoms with van der Waals surface area (Å²) in [5, 5.41) is 10.2. The van der Waals surface area contributed by atoms with E-state index >= 15 is 0 Å². The van der Waals surface area contributed by atoms with E-state index in [0.29, 0.717) is 16.6 Å². The summed E-state index contributed by atoms with van der Waals surface area (Å²) in [6, 6.07) is 12.0. The van der Waals surface area contributed by atoms with E-state index in [-0.39, 0.29) is 5.82 Å². The third-order valence-electron chi connectivity index (χ3n) is 2.89. The van der Waals surface area contributed by atoms with Gasteiger partial charge in [0.2, 0.25) is 0 Å². The molecule has 0 aromatic heterocycles. The van der Waals surface area contributed by atoms with Crippen LogP contribution in [0.25, 0.3) is 0 Å². The number of methoxy groups -OCH3 is 1. The Balaban J connectivity index is 2.15. The average molecular weight is 325 g/mol. The monoisotopic (exact) mass is 324 g/mol. The van der Waals surface area contributed by atoms with Gasteiger partial charge in [-0.25, -0.2) is 4.39 Å². The molecule has 1 unspecified atom stereocenters. The summed E-state index contributed by atoms with van der Waals surface area (Å²) < 4.78 is 18.7. The predicted molar refractivity (Wildman–Crippen MR) is 75.8 cm³/mol. The van der Waals surface area contributed by atoms with Crippen LogP contribution in [-0.2, 0) is 6.42 Å². The second-order valence-electron chi connectivity index (χ2n) is 4.24. The molecule has 19 heavy (non-hydrogen) atoms. The number of benzene rings is 2. The van der Waals surface area contributed by atoms with E-state index in [9.17, 15) is 9.50 Å². The fraction of sp³-hybridized carbons (Fsp3) is 0.200. The summed E-state index contributed by atoms with van der Waals surface area (Å²) in [4.78, 5) is 0. The molecule has 0 fully saturated rings. The Morgan fingerprint density at radius 2 is 2.05 bits per heavy atom. The maximum atomic E-state index is 13.1. The maximum absolute atomic E-state index is 13.1. The minimum absolute atomic E-state index is 0.306. The van der Waals surface area contributed by atoms with Gasteiger partial charge in [0.25, 0.3) is 0 Å². The van der Waals surface area contributed by atoms with Gasteiger partial charge in [0.05, 0.1) is 17.7 Å². The normalized spacial score (nSPS) is 12.2. The van der Waals surface area contributed by atoms with E-state index in [2.05, 4.69) is 15.9 Å². The Morgan fingerprint density at radius 1 is 1.26 bits per heavy atom. The minimum atomic E-state index is -0.646. The van der Waals surface area contributed by atoms with E-state index < -0.39 is 6.10 Å². The Morgan fingerprint density at radius 3 is 2.74 bits per heavy atom. The van der Waals surface area contributed by atoms with E-state index in [1.165, 1.54) is 6.07 Å². The smallest absolute Gasteiger partial charge is 0.137 e. The molecule has 0 amide bonds. The van der Waals surface area contributed by atoms with Gasteiger partial charge in [-0.05, 0) is 51.3 Å². The quantitative estimate of drug-likeness (QED) is 0.925. The van der Waals surface area contributed by atoms with Crippen LogP contribution >= 0.6 is 15.9 Å². The largest absolute Gasteiger partial charge is 0.497 e. The molecule has 0 saturated heterocycles. The van der Waals surface area contributed by atoms with Crippen LogP contribution in [0.15, 0.2) is 46.9 Å². The van der Waals surface area contributed by atoms with E-state index in [0.717, 1.165) is 11.1 Å². The molecule has 0 radical (unpaired) electrons. The molecule has 100 valence electrons. The maximum Gasteiger partial charge on any atom is 0.137 e. The third-order valence-corrected chi connectivity index (χ3v) is 3.50. The highest BCUT2D eigenvalue weighted by atomic mass is 79.9. The zero-order chi connectivity index (χ0) is 13.8. The number of rotatable bonds is 4. The van der Waals surface area contributed by atoms with E-state index in [4.69, 9.17) is 4.74 Å². The van der Waals surface area contributed by atoms with Crippen molar-refractivity contribution in [3.8, 4) is 5.75 Å². The van der Waals surface area contributed by atoms with Crippen molar-refractivity contribution in [2.75, 3.05) is 7.11 Å². The molecule has 0 bridgehead atoms. The van der Waals surface area contributed by atoms with Crippen LogP contribution in [0.3, 0.4) is 0 Å². The molecular formula is C15H14BrFO2. The van der Waals surface area contributed by atoms with Gasteiger partial charge in [-0.2, -0.15) is 0 Å². The van der Waals surface area contributed by atoms with Gasteiger partial charge in [0.15, 0.2) is 0 Å². The summed E-state index contributed by atoms with van der Waals surface area (Å²) in [5.74, 6) is 0.399. The fourth-order valence-corrected chi connectivity index (χ4v) is 2.28. The zero-order valence-electron chi connectivity index (χ0n) is 10.4. The van der Waals surface area contributed by atoms with Crippen molar-refractivity contribution in [1.82, 2.24) is 0 Å². The summed E-state index contributed by atoms with van der Waals surface area (Å²) >= 11 is 3.14. The Labute approximate surface area is 120 Å². The lowest BCUT2D eigenvalue weighted by Gasteiger charge is -2.12. The number of aliphatic hydroxyl groups is 1. The van der Waals surface area contributed by atoms with Gasteiger partial charge in [-0.3, -0.25) is 0 Å². The molecule has 2 nitrogen and oxygen atoms in total. The van der Waals surface area contributed by atoms with Crippen molar-refractivity contribution in [3.63, 3.8) is 0 Å². The minimum Gasteiger partial charge on any atom is -0.497 e. The highest BCUT2D eigenvalue weighted by Crippen LogP contribution is 2.24. The first kappa shape index (κ1) is 14.0. The van der Waals surface area contributed by atoms with Crippen LogP contribution in [0, 0.1) is 5.82 Å². The molecule has 0 saturated carbocycles. The third kappa shape index (κ3) is 3.55. The number of hydrogen-bond donors (Lipinski definition) is 1. The van der Waals surface area contributed by atoms with Crippen molar-refractivity contribution < 1.29 is 14.2 Å². The molecule has 1 atom stereocenters. The van der Waals surface area contributed by atoms with Gasteiger partial charge in [0.1, 0.15) is 11.6 Å². The highest BCUT2D eigenvalue weighted by Gasteiger charge is 2.10. The van der Waals surface area contributed by atoms with E-state index in [1.54, 1.807) is 25.3 Å². The molecule has 2 rings (SSSR count). The van der Waals surface area contributed by atoms with Crippen molar-refractivity contribution in [2.24, 2.45) is 0 Å². The first-order valence-corrected chi connectivity index (χ1v) is 6.65. The van der Waals surface area contributed by atoms with Crippen molar-refractivity contribution in [3.05, 3.63) is 63.9 Å². The summed E-state index contributed by atoms with van der Waals surface area (Å²) in [6.07, 6.45) is -0.223. The van der Waals surface area contributed by atoms with Gasteiger partial charge in [-0.15, -0.1) is 0 Å². The number of ether oxygens (including phenoxy) is 1. The molecule has 0 aliphatic heterocycles. The van der Waals surface area contributed by atoms with Crippen LogP contribution in [0.4, 0.5) is 4.39 Å². The first-order chi connectivity index (χ1) is 9.10. The molecule has 0 aliphatic rings. The number of hydrogen-bond acceptors (Lipinski definition) is 2. The highest BCUT2D eigenvalue weighted by molar-refractivity contribution is 9.10. The second kappa shape index (κ2) is 6.17. The summed E-state index contributed by atoms with van der Waals surface area (Å²) in [5.41, 5.74) is 1.64. The molecule has 2 aromatic rings. The summed E-state index contributed by atoms with van der Waals surface area (Å²) in [7, 11) is 1.59. The molecule has 1 N–H and O–H groups in total. The number of halogens is 2. The van der Waals surface area contributed by atoms with Gasteiger partial charge in [-0.1, -0.05) is 18.2 Å². The van der Waals surface area contributed by atoms with E-state index in [1.807, 2.05) is 18.2 Å². The zero-order valence-corrected chi connectivity index (χ0v) is 12.0. The Kier molecular flexibility index (Phi) is 4.56. The van der Waals surface area contributed by atoms with Crippen LogP contribution in [0.5, 0.6) is 5.75 Å². The van der Waals surface area contributed by atoms with Gasteiger partial charge < -0.3 is 9.84 Å². The van der Waals surface area contributed by atoms with Crippen LogP contribution in [-0.4, -0.2) is 12.2 Å². The SMILES string of the molecule is COc1cccc(C(O)Cc2ccc(F)c(Br)c2)c1. The molecule has 2 aromatic carbocycles. The van der Waals surface area contributed by atoms with Crippen LogP contribution < -0.4 is 4.74 Å². The van der Waals surface area contributed by atoms with Gasteiger partial charge in [0, 0.05) is 6.42 Å². The van der Waals surface area contributed by atoms with Crippen LogP contribution in [0.1, 0.15) is 17.2 Å². The molecule has 0 spiro atoms. The molecule has 0 aliphatic carbocycles. The summed E-state index contributed by atoms with van der Waals surface area (Å²) in [6.45, 7) is 0. The molecular weight excluding hydrogens is 311 g/mol. The van der Waals surface area contributed by atoms with Crippen LogP contribution in [0.2, 0.25) is 0 Å². The Hall–Kier alpha value is -1.39. The fourth-order valence-electron chi connectivity index (χ4n) is 1.86. The average Bonchev–Trinajstić information content (AvgIpc) is 2.43. The van der Waals surface area contributed by atoms with Crippen molar-refractivity contribution in [1.29, 1.82) is 0 Å². The second-order valence-corrected chi connectivity index (χ2v) is 5.10. The van der Waals surface area contributed by atoms with Crippen molar-refractivity contribution in [2.45, 2.75) is 12.5 Å². The standard InChI is InChI=1S/C15H14BrFO2/c1-19-12-4-2-3-11(9-12)15(18)8-10-5-6-14(17)13(16)7-10/h2-7,9,15,18H,8H2,1H3. The molecule has 0 heterocycles. The topological polar surface area (TPSA) is 29.5 Å². The Bertz CT molecular complexity index is 572. The predicted octanol–water partition coefficient (Wildman–Crippen LogP) is 3.87. The van der Waals surface area contributed by atoms with Gasteiger partial charge >= 0.3 is 0 Å².